The lowest BCUT2D eigenvalue weighted by molar-refractivity contribution is -0.118. The van der Waals surface area contributed by atoms with Crippen LogP contribution in [0, 0.1) is 11.3 Å². The molecule has 0 atom stereocenters. The van der Waals surface area contributed by atoms with Crippen molar-refractivity contribution in [3.63, 3.8) is 0 Å². The fraction of sp³-hybridized carbons (Fsp3) is 0.462. The second-order valence-electron chi connectivity index (χ2n) is 9.54. The molecule has 0 saturated heterocycles. The maximum Gasteiger partial charge on any atom is 0.255 e. The van der Waals surface area contributed by atoms with E-state index in [0.29, 0.717) is 16.8 Å². The van der Waals surface area contributed by atoms with Crippen molar-refractivity contribution in [3.8, 4) is 0 Å². The molecule has 1 heterocycles. The highest BCUT2D eigenvalue weighted by atomic mass is 16.1. The predicted octanol–water partition coefficient (Wildman–Crippen LogP) is 5.44. The van der Waals surface area contributed by atoms with Crippen LogP contribution >= 0.6 is 0 Å². The summed E-state index contributed by atoms with van der Waals surface area (Å²) in [6.07, 6.45) is 8.05. The highest BCUT2D eigenvalue weighted by Gasteiger charge is 2.31. The van der Waals surface area contributed by atoms with Crippen molar-refractivity contribution >= 4 is 11.6 Å². The van der Waals surface area contributed by atoms with Crippen molar-refractivity contribution in [2.45, 2.75) is 59.4 Å². The van der Waals surface area contributed by atoms with Gasteiger partial charge in [-0.05, 0) is 50.0 Å². The zero-order chi connectivity index (χ0) is 21.9. The number of nitrogens with one attached hydrogen (secondary N) is 1. The molecule has 0 bridgehead atoms. The summed E-state index contributed by atoms with van der Waals surface area (Å²) in [5.74, 6) is 1.28. The van der Waals surface area contributed by atoms with E-state index in [0.717, 1.165) is 48.6 Å². The molecule has 1 aromatic carbocycles. The van der Waals surface area contributed by atoms with Crippen LogP contribution in [0.4, 0.5) is 0 Å². The first-order valence-electron chi connectivity index (χ1n) is 10.9. The van der Waals surface area contributed by atoms with E-state index in [4.69, 9.17) is 4.99 Å². The molecule has 3 rings (SSSR count). The van der Waals surface area contributed by atoms with Crippen LogP contribution in [0.5, 0.6) is 0 Å². The molecule has 1 N–H and O–H groups in total. The average Bonchev–Trinajstić information content (AvgIpc) is 2.72. The van der Waals surface area contributed by atoms with Crippen molar-refractivity contribution in [3.05, 3.63) is 71.7 Å². The number of nitrogens with zero attached hydrogens (tertiary/aromatic N) is 2. The van der Waals surface area contributed by atoms with Crippen molar-refractivity contribution in [2.75, 3.05) is 7.05 Å². The van der Waals surface area contributed by atoms with Crippen molar-refractivity contribution in [1.29, 1.82) is 0 Å². The van der Waals surface area contributed by atoms with Crippen molar-refractivity contribution in [1.82, 2.24) is 10.2 Å². The summed E-state index contributed by atoms with van der Waals surface area (Å²) < 4.78 is 0. The van der Waals surface area contributed by atoms with Gasteiger partial charge in [0.15, 0.2) is 0 Å². The number of hydrogen-bond acceptors (Lipinski definition) is 3. The summed E-state index contributed by atoms with van der Waals surface area (Å²) >= 11 is 0. The second-order valence-corrected chi connectivity index (χ2v) is 9.54. The van der Waals surface area contributed by atoms with Crippen LogP contribution < -0.4 is 5.32 Å². The molecule has 2 aliphatic rings. The quantitative estimate of drug-likeness (QED) is 0.678. The van der Waals surface area contributed by atoms with Gasteiger partial charge in [-0.3, -0.25) is 4.79 Å². The zero-order valence-corrected chi connectivity index (χ0v) is 19.0. The Kier molecular flexibility index (Phi) is 6.64. The van der Waals surface area contributed by atoms with Gasteiger partial charge in [-0.15, -0.1) is 0 Å². The monoisotopic (exact) mass is 405 g/mol. The Morgan fingerprint density at radius 2 is 1.80 bits per heavy atom. The number of carbonyl (C=O) groups excluding carboxylic acids is 1. The molecule has 1 amide bonds. The number of hydrogen-bond donors (Lipinski definition) is 1. The summed E-state index contributed by atoms with van der Waals surface area (Å²) in [6, 6.07) is 10.3. The summed E-state index contributed by atoms with van der Waals surface area (Å²) in [6.45, 7) is 12.9. The minimum absolute atomic E-state index is 0.0862. The first-order valence-corrected chi connectivity index (χ1v) is 10.9. The van der Waals surface area contributed by atoms with Crippen LogP contribution in [-0.4, -0.2) is 29.6 Å². The normalized spacial score (nSPS) is 24.0. The summed E-state index contributed by atoms with van der Waals surface area (Å²) in [5.41, 5.74) is 3.79. The van der Waals surface area contributed by atoms with Crippen LogP contribution in [-0.2, 0) is 4.79 Å². The average molecular weight is 406 g/mol. The fourth-order valence-corrected chi connectivity index (χ4v) is 4.33. The second kappa shape index (κ2) is 9.03. The molecule has 0 aromatic heterocycles. The maximum absolute atomic E-state index is 13.2. The van der Waals surface area contributed by atoms with Gasteiger partial charge in [0.25, 0.3) is 5.91 Å². The van der Waals surface area contributed by atoms with E-state index in [1.165, 1.54) is 0 Å². The van der Waals surface area contributed by atoms with Gasteiger partial charge < -0.3 is 10.2 Å². The number of aliphatic imine (C=N–C) groups is 1. The Hall–Kier alpha value is -2.62. The van der Waals surface area contributed by atoms with Gasteiger partial charge in [0.05, 0.1) is 11.3 Å². The maximum atomic E-state index is 13.2. The van der Waals surface area contributed by atoms with Crippen LogP contribution in [0.1, 0.15) is 58.9 Å². The molecule has 1 aliphatic heterocycles. The Balaban J connectivity index is 1.81. The van der Waals surface area contributed by atoms with Gasteiger partial charge in [0, 0.05) is 24.4 Å². The Bertz CT molecular complexity index is 879. The third-order valence-electron chi connectivity index (χ3n) is 6.47. The highest BCUT2D eigenvalue weighted by molar-refractivity contribution is 6.10. The van der Waals surface area contributed by atoms with Gasteiger partial charge in [-0.25, -0.2) is 4.99 Å². The smallest absolute Gasteiger partial charge is 0.255 e. The standard InChI is InChI=1S/C26H35N3O/c1-7-22(25(30)27-21-15-13-20(14-16-21)26(3,4)5)24-28-23(17-18(2)29(24)6)19-11-9-8-10-12-19/h7-12,17,20-21H,1,13-16H2,2-6H3,(H,27,30)/b24-22+. The fourth-order valence-electron chi connectivity index (χ4n) is 4.33. The number of allylic oxidation sites excluding steroid dienone is 2. The third-order valence-corrected chi connectivity index (χ3v) is 6.47. The molecule has 1 aromatic rings. The summed E-state index contributed by atoms with van der Waals surface area (Å²) in [5, 5.41) is 3.25. The lowest BCUT2D eigenvalue weighted by Crippen LogP contribution is -2.40. The van der Waals surface area contributed by atoms with Crippen LogP contribution in [0.25, 0.3) is 0 Å². The first kappa shape index (κ1) is 22.1. The zero-order valence-electron chi connectivity index (χ0n) is 19.0. The summed E-state index contributed by atoms with van der Waals surface area (Å²) in [4.78, 5) is 19.9. The Labute approximate surface area is 181 Å². The van der Waals surface area contributed by atoms with Crippen molar-refractivity contribution in [2.24, 2.45) is 16.3 Å². The molecule has 0 spiro atoms. The van der Waals surface area contributed by atoms with E-state index in [9.17, 15) is 4.79 Å². The highest BCUT2D eigenvalue weighted by Crippen LogP contribution is 2.37. The molecule has 0 radical (unpaired) electrons. The number of amides is 1. The lowest BCUT2D eigenvalue weighted by Gasteiger charge is -2.37. The van der Waals surface area contributed by atoms with Crippen molar-refractivity contribution < 1.29 is 4.79 Å². The van der Waals surface area contributed by atoms with E-state index in [-0.39, 0.29) is 11.9 Å². The molecule has 160 valence electrons. The number of carbonyl (C=O) groups is 1. The first-order chi connectivity index (χ1) is 14.2. The lowest BCUT2D eigenvalue weighted by atomic mass is 9.71. The number of benzene rings is 1. The van der Waals surface area contributed by atoms with Gasteiger partial charge >= 0.3 is 0 Å². The largest absolute Gasteiger partial charge is 0.349 e. The predicted molar refractivity (Wildman–Crippen MR) is 125 cm³/mol. The van der Waals surface area contributed by atoms with Crippen LogP contribution in [0.15, 0.2) is 71.1 Å². The number of rotatable bonds is 4. The molecule has 1 aliphatic carbocycles. The molecular formula is C26H35N3O. The van der Waals surface area contributed by atoms with Gasteiger partial charge in [-0.1, -0.05) is 63.8 Å². The van der Waals surface area contributed by atoms with Crippen LogP contribution in [0.2, 0.25) is 0 Å². The molecule has 1 saturated carbocycles. The SMILES string of the molecule is C=C/C(C(=O)NC1CCC(C(C)(C)C)CC1)=C1/N=C(c2ccccc2)C=C(C)N1C. The molecule has 0 unspecified atom stereocenters. The molecular weight excluding hydrogens is 370 g/mol. The Morgan fingerprint density at radius 3 is 2.37 bits per heavy atom. The molecule has 4 nitrogen and oxygen atoms in total. The summed E-state index contributed by atoms with van der Waals surface area (Å²) in [7, 11) is 1.94. The van der Waals surface area contributed by atoms with E-state index < -0.39 is 0 Å². The molecule has 4 heteroatoms. The minimum Gasteiger partial charge on any atom is -0.349 e. The molecule has 30 heavy (non-hydrogen) atoms. The van der Waals surface area contributed by atoms with Gasteiger partial charge in [0.2, 0.25) is 0 Å². The third kappa shape index (κ3) is 4.92. The van der Waals surface area contributed by atoms with E-state index >= 15 is 0 Å². The van der Waals surface area contributed by atoms with Crippen LogP contribution in [0.3, 0.4) is 0 Å². The van der Waals surface area contributed by atoms with E-state index in [1.807, 2.05) is 55.3 Å². The molecule has 1 fully saturated rings. The van der Waals surface area contributed by atoms with E-state index in [1.54, 1.807) is 6.08 Å². The minimum atomic E-state index is -0.0862. The van der Waals surface area contributed by atoms with Gasteiger partial charge in [0.1, 0.15) is 5.82 Å². The Morgan fingerprint density at radius 1 is 1.17 bits per heavy atom. The topological polar surface area (TPSA) is 44.7 Å². The van der Waals surface area contributed by atoms with E-state index in [2.05, 4.69) is 32.7 Å². The van der Waals surface area contributed by atoms with Gasteiger partial charge in [-0.2, -0.15) is 0 Å².